The second kappa shape index (κ2) is 7.38. The van der Waals surface area contributed by atoms with Crippen molar-refractivity contribution in [3.63, 3.8) is 0 Å². The fourth-order valence-corrected chi connectivity index (χ4v) is 2.40. The van der Waals surface area contributed by atoms with Crippen LogP contribution in [0.3, 0.4) is 0 Å². The highest BCUT2D eigenvalue weighted by molar-refractivity contribution is 5.85. The normalized spacial score (nSPS) is 12.2. The molecular formula is C18H21NO6. The van der Waals surface area contributed by atoms with Crippen LogP contribution in [0.2, 0.25) is 0 Å². The molecule has 1 heterocycles. The van der Waals surface area contributed by atoms with Gasteiger partial charge in [-0.25, -0.2) is 9.59 Å². The second-order valence-corrected chi connectivity index (χ2v) is 6.21. The Labute approximate surface area is 144 Å². The number of carboxylic acids is 1. The number of ether oxygens (including phenoxy) is 1. The quantitative estimate of drug-likeness (QED) is 0.774. The van der Waals surface area contributed by atoms with E-state index in [-0.39, 0.29) is 12.5 Å². The standard InChI is InChI=1S/C18H21NO6/c1-9(2)16(17(21)22)19-15(20)8-24-12-5-6-13-10(3)11(4)18(23)25-14(13)7-12/h5-7,9,16H,8H2,1-4H3,(H,19,20)(H,21,22)/t16-/m0/s1. The van der Waals surface area contributed by atoms with Crippen LogP contribution in [0.5, 0.6) is 5.75 Å². The minimum atomic E-state index is -1.10. The van der Waals surface area contributed by atoms with Crippen LogP contribution in [0.4, 0.5) is 0 Å². The highest BCUT2D eigenvalue weighted by Crippen LogP contribution is 2.23. The van der Waals surface area contributed by atoms with Crippen molar-refractivity contribution in [2.75, 3.05) is 6.61 Å². The summed E-state index contributed by atoms with van der Waals surface area (Å²) in [4.78, 5) is 34.7. The van der Waals surface area contributed by atoms with E-state index in [1.807, 2.05) is 6.92 Å². The Kier molecular flexibility index (Phi) is 5.46. The molecule has 0 spiro atoms. The lowest BCUT2D eigenvalue weighted by atomic mass is 10.1. The fraction of sp³-hybridized carbons (Fsp3) is 0.389. The molecule has 7 nitrogen and oxygen atoms in total. The predicted octanol–water partition coefficient (Wildman–Crippen LogP) is 2.01. The average Bonchev–Trinajstić information content (AvgIpc) is 2.55. The van der Waals surface area contributed by atoms with Crippen LogP contribution in [0.25, 0.3) is 11.0 Å². The molecular weight excluding hydrogens is 326 g/mol. The number of carbonyl (C=O) groups is 2. The molecule has 1 amide bonds. The first-order chi connectivity index (χ1) is 11.7. The SMILES string of the molecule is Cc1c(C)c2ccc(OCC(=O)N[C@H](C(=O)O)C(C)C)cc2oc1=O. The van der Waals surface area contributed by atoms with E-state index in [1.54, 1.807) is 32.9 Å². The number of aryl methyl sites for hydroxylation is 1. The lowest BCUT2D eigenvalue weighted by Gasteiger charge is -2.18. The molecule has 0 aliphatic heterocycles. The molecule has 0 saturated carbocycles. The molecule has 0 aliphatic carbocycles. The molecule has 0 fully saturated rings. The molecule has 0 aliphatic rings. The van der Waals surface area contributed by atoms with E-state index >= 15 is 0 Å². The molecule has 0 bridgehead atoms. The van der Waals surface area contributed by atoms with Crippen LogP contribution in [-0.4, -0.2) is 29.6 Å². The molecule has 7 heteroatoms. The van der Waals surface area contributed by atoms with Gasteiger partial charge in [-0.1, -0.05) is 13.8 Å². The van der Waals surface area contributed by atoms with E-state index in [0.717, 1.165) is 10.9 Å². The lowest BCUT2D eigenvalue weighted by Crippen LogP contribution is -2.46. The van der Waals surface area contributed by atoms with Crippen LogP contribution >= 0.6 is 0 Å². The van der Waals surface area contributed by atoms with E-state index in [2.05, 4.69) is 5.32 Å². The van der Waals surface area contributed by atoms with Gasteiger partial charge in [0.15, 0.2) is 6.61 Å². The van der Waals surface area contributed by atoms with Crippen molar-refractivity contribution in [2.24, 2.45) is 5.92 Å². The summed E-state index contributed by atoms with van der Waals surface area (Å²) >= 11 is 0. The zero-order chi connectivity index (χ0) is 18.7. The van der Waals surface area contributed by atoms with Gasteiger partial charge in [0, 0.05) is 17.0 Å². The summed E-state index contributed by atoms with van der Waals surface area (Å²) in [5.74, 6) is -1.53. The first-order valence-electron chi connectivity index (χ1n) is 7.89. The van der Waals surface area contributed by atoms with Gasteiger partial charge in [0.05, 0.1) is 0 Å². The van der Waals surface area contributed by atoms with Crippen molar-refractivity contribution in [3.05, 3.63) is 39.7 Å². The van der Waals surface area contributed by atoms with Gasteiger partial charge in [0.2, 0.25) is 0 Å². The van der Waals surface area contributed by atoms with Crippen LogP contribution in [0.1, 0.15) is 25.0 Å². The molecule has 0 unspecified atom stereocenters. The molecule has 2 N–H and O–H groups in total. The topological polar surface area (TPSA) is 106 Å². The van der Waals surface area contributed by atoms with Gasteiger partial charge in [-0.3, -0.25) is 4.79 Å². The van der Waals surface area contributed by atoms with Gasteiger partial charge in [-0.2, -0.15) is 0 Å². The second-order valence-electron chi connectivity index (χ2n) is 6.21. The minimum Gasteiger partial charge on any atom is -0.484 e. The maximum atomic E-state index is 11.9. The molecule has 25 heavy (non-hydrogen) atoms. The van der Waals surface area contributed by atoms with E-state index < -0.39 is 23.5 Å². The number of fused-ring (bicyclic) bond motifs is 1. The summed E-state index contributed by atoms with van der Waals surface area (Å²) in [6, 6.07) is 3.98. The Morgan fingerprint density at radius 2 is 1.92 bits per heavy atom. The highest BCUT2D eigenvalue weighted by atomic mass is 16.5. The summed E-state index contributed by atoms with van der Waals surface area (Å²) in [6.07, 6.45) is 0. The van der Waals surface area contributed by atoms with Crippen molar-refractivity contribution in [1.29, 1.82) is 0 Å². The zero-order valence-corrected chi connectivity index (χ0v) is 14.6. The molecule has 0 saturated heterocycles. The highest BCUT2D eigenvalue weighted by Gasteiger charge is 2.23. The van der Waals surface area contributed by atoms with E-state index in [9.17, 15) is 14.4 Å². The summed E-state index contributed by atoms with van der Waals surface area (Å²) in [6.45, 7) is 6.60. The van der Waals surface area contributed by atoms with Crippen LogP contribution in [0.15, 0.2) is 27.4 Å². The summed E-state index contributed by atoms with van der Waals surface area (Å²) in [5.41, 5.74) is 1.34. The first kappa shape index (κ1) is 18.5. The third-order valence-corrected chi connectivity index (χ3v) is 4.05. The number of nitrogens with one attached hydrogen (secondary N) is 1. The number of amides is 1. The molecule has 1 atom stereocenters. The van der Waals surface area contributed by atoms with Gasteiger partial charge >= 0.3 is 11.6 Å². The van der Waals surface area contributed by atoms with Gasteiger partial charge in [0.25, 0.3) is 5.91 Å². The average molecular weight is 347 g/mol. The van der Waals surface area contributed by atoms with Crippen LogP contribution < -0.4 is 15.7 Å². The van der Waals surface area contributed by atoms with E-state index in [4.69, 9.17) is 14.3 Å². The minimum absolute atomic E-state index is 0.248. The lowest BCUT2D eigenvalue weighted by molar-refractivity contribution is -0.143. The number of hydrogen-bond donors (Lipinski definition) is 2. The fourth-order valence-electron chi connectivity index (χ4n) is 2.40. The third-order valence-electron chi connectivity index (χ3n) is 4.05. The summed E-state index contributed by atoms with van der Waals surface area (Å²) in [7, 11) is 0. The van der Waals surface area contributed by atoms with E-state index in [0.29, 0.717) is 16.9 Å². The van der Waals surface area contributed by atoms with E-state index in [1.165, 1.54) is 6.07 Å². The van der Waals surface area contributed by atoms with Crippen molar-refractivity contribution in [2.45, 2.75) is 33.7 Å². The number of hydrogen-bond acceptors (Lipinski definition) is 5. The number of carbonyl (C=O) groups excluding carboxylic acids is 1. The Morgan fingerprint density at radius 3 is 2.52 bits per heavy atom. The predicted molar refractivity (Wildman–Crippen MR) is 91.9 cm³/mol. The molecule has 2 rings (SSSR count). The van der Waals surface area contributed by atoms with Gasteiger partial charge in [0.1, 0.15) is 17.4 Å². The van der Waals surface area contributed by atoms with Crippen molar-refractivity contribution in [3.8, 4) is 5.75 Å². The Bertz CT molecular complexity index is 868. The number of benzene rings is 1. The van der Waals surface area contributed by atoms with Crippen LogP contribution in [0, 0.1) is 19.8 Å². The van der Waals surface area contributed by atoms with Gasteiger partial charge in [-0.05, 0) is 37.5 Å². The third kappa shape index (κ3) is 4.17. The molecule has 1 aromatic heterocycles. The molecule has 134 valence electrons. The zero-order valence-electron chi connectivity index (χ0n) is 14.6. The Morgan fingerprint density at radius 1 is 1.24 bits per heavy atom. The largest absolute Gasteiger partial charge is 0.484 e. The Balaban J connectivity index is 2.11. The monoisotopic (exact) mass is 347 g/mol. The number of carboxylic acid groups (broad SMARTS) is 1. The molecule has 2 aromatic rings. The summed E-state index contributed by atoms with van der Waals surface area (Å²) < 4.78 is 10.6. The molecule has 0 radical (unpaired) electrons. The van der Waals surface area contributed by atoms with Crippen molar-refractivity contribution in [1.82, 2.24) is 5.32 Å². The first-order valence-corrected chi connectivity index (χ1v) is 7.89. The smallest absolute Gasteiger partial charge is 0.339 e. The Hall–Kier alpha value is -2.83. The maximum absolute atomic E-state index is 11.9. The van der Waals surface area contributed by atoms with Crippen LogP contribution in [-0.2, 0) is 9.59 Å². The maximum Gasteiger partial charge on any atom is 0.339 e. The van der Waals surface area contributed by atoms with Crippen molar-refractivity contribution >= 4 is 22.8 Å². The molecule has 1 aromatic carbocycles. The van der Waals surface area contributed by atoms with Crippen molar-refractivity contribution < 1.29 is 23.8 Å². The number of aliphatic carboxylic acids is 1. The van der Waals surface area contributed by atoms with Gasteiger partial charge in [-0.15, -0.1) is 0 Å². The summed E-state index contributed by atoms with van der Waals surface area (Å²) in [5, 5.41) is 12.3. The number of rotatable bonds is 6. The van der Waals surface area contributed by atoms with Gasteiger partial charge < -0.3 is 19.6 Å².